The Balaban J connectivity index is 1.63. The molecule has 28 heavy (non-hydrogen) atoms. The molecule has 0 radical (unpaired) electrons. The Kier molecular flexibility index (Phi) is 6.03. The molecule has 9 heteroatoms. The molecule has 0 saturated heterocycles. The van der Waals surface area contributed by atoms with E-state index in [4.69, 9.17) is 0 Å². The molecule has 0 atom stereocenters. The van der Waals surface area contributed by atoms with Crippen molar-refractivity contribution in [1.29, 1.82) is 0 Å². The van der Waals surface area contributed by atoms with Crippen LogP contribution in [0.4, 0.5) is 18.9 Å². The van der Waals surface area contributed by atoms with Gasteiger partial charge < -0.3 is 9.88 Å². The van der Waals surface area contributed by atoms with Crippen LogP contribution in [0.3, 0.4) is 0 Å². The van der Waals surface area contributed by atoms with Crippen LogP contribution in [0.15, 0.2) is 59.8 Å². The zero-order chi connectivity index (χ0) is 20.1. The van der Waals surface area contributed by atoms with Crippen LogP contribution in [0.2, 0.25) is 0 Å². The van der Waals surface area contributed by atoms with E-state index in [1.807, 2.05) is 41.8 Å². The minimum Gasteiger partial charge on any atom is -0.325 e. The summed E-state index contributed by atoms with van der Waals surface area (Å²) in [6.45, 7) is 2.60. The van der Waals surface area contributed by atoms with E-state index in [-0.39, 0.29) is 11.7 Å². The number of carbonyl (C=O) groups is 1. The molecule has 0 aliphatic carbocycles. The van der Waals surface area contributed by atoms with Gasteiger partial charge in [-0.3, -0.25) is 4.79 Å². The van der Waals surface area contributed by atoms with Crippen molar-refractivity contribution in [2.24, 2.45) is 0 Å². The SMILES string of the molecule is CCn1c(SCC(=O)Nc2ccc(C(F)(F)F)cc2)nnc1-c1ccccc1. The molecule has 5 nitrogen and oxygen atoms in total. The number of aromatic nitrogens is 3. The smallest absolute Gasteiger partial charge is 0.325 e. The predicted molar refractivity (Wildman–Crippen MR) is 102 cm³/mol. The predicted octanol–water partition coefficient (Wildman–Crippen LogP) is 4.71. The fraction of sp³-hybridized carbons (Fsp3) is 0.211. The van der Waals surface area contributed by atoms with Crippen molar-refractivity contribution in [3.8, 4) is 11.4 Å². The van der Waals surface area contributed by atoms with Gasteiger partial charge in [0.05, 0.1) is 11.3 Å². The van der Waals surface area contributed by atoms with Crippen molar-refractivity contribution in [1.82, 2.24) is 14.8 Å². The molecule has 0 spiro atoms. The first-order valence-electron chi connectivity index (χ1n) is 8.47. The second-order valence-electron chi connectivity index (χ2n) is 5.83. The summed E-state index contributed by atoms with van der Waals surface area (Å²) in [4.78, 5) is 12.1. The third kappa shape index (κ3) is 4.72. The first kappa shape index (κ1) is 19.9. The quantitative estimate of drug-likeness (QED) is 0.602. The maximum atomic E-state index is 12.6. The van der Waals surface area contributed by atoms with Crippen molar-refractivity contribution in [3.63, 3.8) is 0 Å². The highest BCUT2D eigenvalue weighted by molar-refractivity contribution is 7.99. The van der Waals surface area contributed by atoms with E-state index < -0.39 is 11.7 Å². The Labute approximate surface area is 164 Å². The van der Waals surface area contributed by atoms with Gasteiger partial charge >= 0.3 is 6.18 Å². The lowest BCUT2D eigenvalue weighted by Gasteiger charge is -2.09. The van der Waals surface area contributed by atoms with Crippen molar-refractivity contribution >= 4 is 23.4 Å². The third-order valence-corrected chi connectivity index (χ3v) is 4.86. The molecule has 146 valence electrons. The van der Waals surface area contributed by atoms with Crippen LogP contribution in [0.1, 0.15) is 12.5 Å². The summed E-state index contributed by atoms with van der Waals surface area (Å²) in [5.74, 6) is 0.443. The summed E-state index contributed by atoms with van der Waals surface area (Å²) >= 11 is 1.22. The number of anilines is 1. The van der Waals surface area contributed by atoms with Gasteiger partial charge in [-0.1, -0.05) is 42.1 Å². The number of alkyl halides is 3. The minimum absolute atomic E-state index is 0.0634. The Hall–Kier alpha value is -2.81. The molecule has 1 amide bonds. The van der Waals surface area contributed by atoms with Gasteiger partial charge in [0.2, 0.25) is 5.91 Å². The summed E-state index contributed by atoms with van der Waals surface area (Å²) < 4.78 is 39.7. The van der Waals surface area contributed by atoms with Gasteiger partial charge in [-0.25, -0.2) is 0 Å². The first-order valence-corrected chi connectivity index (χ1v) is 9.45. The number of nitrogens with one attached hydrogen (secondary N) is 1. The Bertz CT molecular complexity index is 940. The zero-order valence-electron chi connectivity index (χ0n) is 14.9. The second kappa shape index (κ2) is 8.47. The lowest BCUT2D eigenvalue weighted by Crippen LogP contribution is -2.15. The lowest BCUT2D eigenvalue weighted by molar-refractivity contribution is -0.137. The molecule has 0 aliphatic heterocycles. The van der Waals surface area contributed by atoms with E-state index in [0.29, 0.717) is 23.2 Å². The summed E-state index contributed by atoms with van der Waals surface area (Å²) in [6, 6.07) is 13.9. The number of carbonyl (C=O) groups excluding carboxylic acids is 1. The van der Waals surface area contributed by atoms with Crippen LogP contribution in [-0.2, 0) is 17.5 Å². The van der Waals surface area contributed by atoms with E-state index in [2.05, 4.69) is 15.5 Å². The van der Waals surface area contributed by atoms with Crippen LogP contribution in [0, 0.1) is 0 Å². The number of hydrogen-bond donors (Lipinski definition) is 1. The molecule has 0 aliphatic rings. The van der Waals surface area contributed by atoms with Crippen LogP contribution in [0.25, 0.3) is 11.4 Å². The number of thioether (sulfide) groups is 1. The summed E-state index contributed by atoms with van der Waals surface area (Å²) in [5, 5.41) is 11.5. The fourth-order valence-electron chi connectivity index (χ4n) is 2.55. The maximum absolute atomic E-state index is 12.6. The van der Waals surface area contributed by atoms with Gasteiger partial charge in [0, 0.05) is 17.8 Å². The third-order valence-electron chi connectivity index (χ3n) is 3.89. The highest BCUT2D eigenvalue weighted by atomic mass is 32.2. The monoisotopic (exact) mass is 406 g/mol. The van der Waals surface area contributed by atoms with E-state index in [1.165, 1.54) is 23.9 Å². The normalized spacial score (nSPS) is 11.4. The second-order valence-corrected chi connectivity index (χ2v) is 6.77. The van der Waals surface area contributed by atoms with E-state index in [1.54, 1.807) is 0 Å². The molecular weight excluding hydrogens is 389 g/mol. The minimum atomic E-state index is -4.40. The number of rotatable bonds is 6. The van der Waals surface area contributed by atoms with E-state index >= 15 is 0 Å². The first-order chi connectivity index (χ1) is 13.4. The highest BCUT2D eigenvalue weighted by Crippen LogP contribution is 2.30. The van der Waals surface area contributed by atoms with Crippen LogP contribution in [0.5, 0.6) is 0 Å². The molecule has 0 saturated carbocycles. The molecule has 0 bridgehead atoms. The van der Waals surface area contributed by atoms with Gasteiger partial charge in [-0.15, -0.1) is 10.2 Å². The topological polar surface area (TPSA) is 59.8 Å². The molecule has 2 aromatic carbocycles. The standard InChI is InChI=1S/C19H17F3N4OS/c1-2-26-17(13-6-4-3-5-7-13)24-25-18(26)28-12-16(27)23-15-10-8-14(9-11-15)19(20,21)22/h3-11H,2,12H2,1H3,(H,23,27). The molecule has 0 fully saturated rings. The van der Waals surface area contributed by atoms with E-state index in [0.717, 1.165) is 17.7 Å². The molecular formula is C19H17F3N4OS. The van der Waals surface area contributed by atoms with Gasteiger partial charge in [-0.2, -0.15) is 13.2 Å². The Morgan fingerprint density at radius 1 is 1.07 bits per heavy atom. The zero-order valence-corrected chi connectivity index (χ0v) is 15.7. The largest absolute Gasteiger partial charge is 0.416 e. The average molecular weight is 406 g/mol. The number of amides is 1. The number of halogens is 3. The fourth-order valence-corrected chi connectivity index (χ4v) is 3.35. The molecule has 0 unspecified atom stereocenters. The van der Waals surface area contributed by atoms with Gasteiger partial charge in [0.25, 0.3) is 0 Å². The van der Waals surface area contributed by atoms with Crippen LogP contribution in [-0.4, -0.2) is 26.4 Å². The lowest BCUT2D eigenvalue weighted by atomic mass is 10.2. The van der Waals surface area contributed by atoms with Crippen LogP contribution >= 0.6 is 11.8 Å². The summed E-state index contributed by atoms with van der Waals surface area (Å²) in [5.41, 5.74) is 0.475. The van der Waals surface area contributed by atoms with E-state index in [9.17, 15) is 18.0 Å². The number of benzene rings is 2. The van der Waals surface area contributed by atoms with Gasteiger partial charge in [0.1, 0.15) is 0 Å². The molecule has 1 N–H and O–H groups in total. The molecule has 1 aromatic heterocycles. The molecule has 3 rings (SSSR count). The summed E-state index contributed by atoms with van der Waals surface area (Å²) in [7, 11) is 0. The van der Waals surface area contributed by atoms with Gasteiger partial charge in [-0.05, 0) is 31.2 Å². The average Bonchev–Trinajstić information content (AvgIpc) is 3.10. The summed E-state index contributed by atoms with van der Waals surface area (Å²) in [6.07, 6.45) is -4.40. The van der Waals surface area contributed by atoms with Crippen molar-refractivity contribution < 1.29 is 18.0 Å². The molecule has 1 heterocycles. The number of nitrogens with zero attached hydrogens (tertiary/aromatic N) is 3. The number of hydrogen-bond acceptors (Lipinski definition) is 4. The highest BCUT2D eigenvalue weighted by Gasteiger charge is 2.30. The van der Waals surface area contributed by atoms with Crippen molar-refractivity contribution in [2.45, 2.75) is 24.8 Å². The Morgan fingerprint density at radius 3 is 2.36 bits per heavy atom. The molecule has 3 aromatic rings. The van der Waals surface area contributed by atoms with Crippen LogP contribution < -0.4 is 5.32 Å². The maximum Gasteiger partial charge on any atom is 0.416 e. The van der Waals surface area contributed by atoms with Gasteiger partial charge in [0.15, 0.2) is 11.0 Å². The Morgan fingerprint density at radius 2 is 1.75 bits per heavy atom. The van der Waals surface area contributed by atoms with Crippen molar-refractivity contribution in [3.05, 3.63) is 60.2 Å². The van der Waals surface area contributed by atoms with Crippen molar-refractivity contribution in [2.75, 3.05) is 11.1 Å².